The Morgan fingerprint density at radius 2 is 2.21 bits per heavy atom. The number of aromatic nitrogens is 1. The molecular weight excluding hydrogens is 179 g/mol. The largest absolute Gasteiger partial charge is 0.347 e. The number of hydrogen-bond acceptors (Lipinski definition) is 1. The first-order valence-electron chi connectivity index (χ1n) is 4.73. The number of halogens is 1. The van der Waals surface area contributed by atoms with Gasteiger partial charge in [0.2, 0.25) is 0 Å². The van der Waals surface area contributed by atoms with E-state index in [9.17, 15) is 4.39 Å². The van der Waals surface area contributed by atoms with E-state index in [4.69, 9.17) is 5.73 Å². The van der Waals surface area contributed by atoms with Gasteiger partial charge >= 0.3 is 0 Å². The summed E-state index contributed by atoms with van der Waals surface area (Å²) in [7, 11) is 0. The molecule has 0 aliphatic carbocycles. The first-order chi connectivity index (χ1) is 6.76. The third kappa shape index (κ3) is 1.30. The fraction of sp³-hybridized carbons (Fsp3) is 0.273. The highest BCUT2D eigenvalue weighted by molar-refractivity contribution is 5.84. The average Bonchev–Trinajstić information content (AvgIpc) is 2.55. The van der Waals surface area contributed by atoms with Crippen LogP contribution < -0.4 is 5.73 Å². The zero-order valence-electron chi connectivity index (χ0n) is 8.13. The van der Waals surface area contributed by atoms with Crippen LogP contribution in [0.1, 0.15) is 12.5 Å². The summed E-state index contributed by atoms with van der Waals surface area (Å²) >= 11 is 0. The molecule has 2 aromatic rings. The van der Waals surface area contributed by atoms with Crippen LogP contribution in [-0.2, 0) is 13.1 Å². The second kappa shape index (κ2) is 3.42. The summed E-state index contributed by atoms with van der Waals surface area (Å²) in [5, 5.41) is 1.05. The zero-order chi connectivity index (χ0) is 10.1. The standard InChI is InChI=1S/C11H13FN2/c1-2-14-7-8(6-13)10-4-3-9(12)5-11(10)14/h3-5,7H,2,6,13H2,1H3. The van der Waals surface area contributed by atoms with Gasteiger partial charge in [-0.1, -0.05) is 0 Å². The Kier molecular flexibility index (Phi) is 2.25. The van der Waals surface area contributed by atoms with Gasteiger partial charge in [-0.25, -0.2) is 4.39 Å². The quantitative estimate of drug-likeness (QED) is 0.777. The van der Waals surface area contributed by atoms with Crippen molar-refractivity contribution >= 4 is 10.9 Å². The summed E-state index contributed by atoms with van der Waals surface area (Å²) in [5.41, 5.74) is 7.61. The zero-order valence-corrected chi connectivity index (χ0v) is 8.13. The molecule has 1 aromatic carbocycles. The summed E-state index contributed by atoms with van der Waals surface area (Å²) in [4.78, 5) is 0. The maximum Gasteiger partial charge on any atom is 0.125 e. The van der Waals surface area contributed by atoms with Crippen LogP contribution in [-0.4, -0.2) is 4.57 Å². The van der Waals surface area contributed by atoms with Crippen molar-refractivity contribution in [2.75, 3.05) is 0 Å². The van der Waals surface area contributed by atoms with Crippen LogP contribution in [0.2, 0.25) is 0 Å². The molecule has 74 valence electrons. The van der Waals surface area contributed by atoms with Crippen LogP contribution in [0.4, 0.5) is 4.39 Å². The smallest absolute Gasteiger partial charge is 0.125 e. The van der Waals surface area contributed by atoms with Gasteiger partial charge in [0.25, 0.3) is 0 Å². The van der Waals surface area contributed by atoms with E-state index in [2.05, 4.69) is 0 Å². The van der Waals surface area contributed by atoms with E-state index in [1.54, 1.807) is 12.1 Å². The first kappa shape index (κ1) is 9.21. The van der Waals surface area contributed by atoms with Crippen molar-refractivity contribution in [3.63, 3.8) is 0 Å². The molecule has 0 radical (unpaired) electrons. The number of nitrogens with two attached hydrogens (primary N) is 1. The van der Waals surface area contributed by atoms with Gasteiger partial charge in [0.15, 0.2) is 0 Å². The second-order valence-electron chi connectivity index (χ2n) is 3.31. The first-order valence-corrected chi connectivity index (χ1v) is 4.73. The second-order valence-corrected chi connectivity index (χ2v) is 3.31. The van der Waals surface area contributed by atoms with Crippen molar-refractivity contribution in [3.8, 4) is 0 Å². The van der Waals surface area contributed by atoms with E-state index in [0.29, 0.717) is 6.54 Å². The molecule has 2 N–H and O–H groups in total. The monoisotopic (exact) mass is 192 g/mol. The van der Waals surface area contributed by atoms with Gasteiger partial charge in [0, 0.05) is 24.7 Å². The van der Waals surface area contributed by atoms with E-state index in [1.807, 2.05) is 17.7 Å². The third-order valence-electron chi connectivity index (χ3n) is 2.49. The fourth-order valence-electron chi connectivity index (χ4n) is 1.77. The molecular formula is C11H13FN2. The number of aryl methyl sites for hydroxylation is 1. The Labute approximate surface area is 82.1 Å². The van der Waals surface area contributed by atoms with Crippen molar-refractivity contribution in [1.82, 2.24) is 4.57 Å². The van der Waals surface area contributed by atoms with Crippen molar-refractivity contribution in [3.05, 3.63) is 35.8 Å². The maximum atomic E-state index is 13.0. The van der Waals surface area contributed by atoms with Gasteiger partial charge < -0.3 is 10.3 Å². The molecule has 0 saturated carbocycles. The van der Waals surface area contributed by atoms with Gasteiger partial charge in [0.1, 0.15) is 5.82 Å². The molecule has 14 heavy (non-hydrogen) atoms. The van der Waals surface area contributed by atoms with Crippen LogP contribution in [0.3, 0.4) is 0 Å². The lowest BCUT2D eigenvalue weighted by Crippen LogP contribution is -1.94. The number of hydrogen-bond donors (Lipinski definition) is 1. The van der Waals surface area contributed by atoms with Crippen molar-refractivity contribution in [2.45, 2.75) is 20.0 Å². The molecule has 1 heterocycles. The van der Waals surface area contributed by atoms with Gasteiger partial charge in [-0.3, -0.25) is 0 Å². The topological polar surface area (TPSA) is 30.9 Å². The Morgan fingerprint density at radius 3 is 2.86 bits per heavy atom. The Balaban J connectivity index is 2.75. The van der Waals surface area contributed by atoms with Crippen molar-refractivity contribution in [1.29, 1.82) is 0 Å². The molecule has 1 aromatic heterocycles. The molecule has 0 aliphatic heterocycles. The Bertz CT molecular complexity index is 460. The lowest BCUT2D eigenvalue weighted by Gasteiger charge is -1.99. The van der Waals surface area contributed by atoms with E-state index in [-0.39, 0.29) is 5.82 Å². The lowest BCUT2D eigenvalue weighted by atomic mass is 10.2. The molecule has 0 saturated heterocycles. The number of nitrogens with zero attached hydrogens (tertiary/aromatic N) is 1. The van der Waals surface area contributed by atoms with Crippen LogP contribution >= 0.6 is 0 Å². The highest BCUT2D eigenvalue weighted by Crippen LogP contribution is 2.21. The molecule has 2 rings (SSSR count). The average molecular weight is 192 g/mol. The summed E-state index contributed by atoms with van der Waals surface area (Å²) in [5.74, 6) is -0.200. The molecule has 0 fully saturated rings. The predicted octanol–water partition coefficient (Wildman–Crippen LogP) is 2.26. The molecule has 0 atom stereocenters. The predicted molar refractivity (Wildman–Crippen MR) is 55.5 cm³/mol. The van der Waals surface area contributed by atoms with Gasteiger partial charge in [-0.15, -0.1) is 0 Å². The normalized spacial score (nSPS) is 11.1. The van der Waals surface area contributed by atoms with Crippen molar-refractivity contribution in [2.24, 2.45) is 5.73 Å². The van der Waals surface area contributed by atoms with Gasteiger partial charge in [-0.05, 0) is 30.7 Å². The number of benzene rings is 1. The summed E-state index contributed by atoms with van der Waals surface area (Å²) < 4.78 is 15.0. The molecule has 3 heteroatoms. The van der Waals surface area contributed by atoms with Gasteiger partial charge in [-0.2, -0.15) is 0 Å². The molecule has 0 bridgehead atoms. The number of rotatable bonds is 2. The third-order valence-corrected chi connectivity index (χ3v) is 2.49. The van der Waals surface area contributed by atoms with E-state index < -0.39 is 0 Å². The van der Waals surface area contributed by atoms with Gasteiger partial charge in [0.05, 0.1) is 5.52 Å². The molecule has 0 amide bonds. The molecule has 0 aliphatic rings. The molecule has 0 spiro atoms. The number of fused-ring (bicyclic) bond motifs is 1. The van der Waals surface area contributed by atoms with Crippen LogP contribution in [0.5, 0.6) is 0 Å². The Hall–Kier alpha value is -1.35. The minimum absolute atomic E-state index is 0.200. The summed E-state index contributed by atoms with van der Waals surface area (Å²) in [6, 6.07) is 4.82. The molecule has 2 nitrogen and oxygen atoms in total. The summed E-state index contributed by atoms with van der Waals surface area (Å²) in [6.45, 7) is 3.36. The summed E-state index contributed by atoms with van der Waals surface area (Å²) in [6.07, 6.45) is 1.99. The lowest BCUT2D eigenvalue weighted by molar-refractivity contribution is 0.628. The maximum absolute atomic E-state index is 13.0. The van der Waals surface area contributed by atoms with E-state index in [1.165, 1.54) is 6.07 Å². The van der Waals surface area contributed by atoms with E-state index in [0.717, 1.165) is 23.0 Å². The fourth-order valence-corrected chi connectivity index (χ4v) is 1.77. The van der Waals surface area contributed by atoms with Crippen molar-refractivity contribution < 1.29 is 4.39 Å². The highest BCUT2D eigenvalue weighted by atomic mass is 19.1. The van der Waals surface area contributed by atoms with E-state index >= 15 is 0 Å². The van der Waals surface area contributed by atoms with Crippen LogP contribution in [0.25, 0.3) is 10.9 Å². The van der Waals surface area contributed by atoms with Crippen LogP contribution in [0.15, 0.2) is 24.4 Å². The molecule has 0 unspecified atom stereocenters. The highest BCUT2D eigenvalue weighted by Gasteiger charge is 2.06. The minimum Gasteiger partial charge on any atom is -0.347 e. The van der Waals surface area contributed by atoms with Crippen LogP contribution in [0, 0.1) is 5.82 Å². The Morgan fingerprint density at radius 1 is 1.43 bits per heavy atom. The SMILES string of the molecule is CCn1cc(CN)c2ccc(F)cc21. The minimum atomic E-state index is -0.200.